The Bertz CT molecular complexity index is 823. The predicted molar refractivity (Wildman–Crippen MR) is 115 cm³/mol. The van der Waals surface area contributed by atoms with Crippen molar-refractivity contribution in [3.05, 3.63) is 12.2 Å². The number of aliphatic carboxylic acids is 1. The second-order valence-corrected chi connectivity index (χ2v) is 9.82. The number of nitrogens with one attached hydrogen (secondary N) is 2. The summed E-state index contributed by atoms with van der Waals surface area (Å²) in [6.07, 6.45) is 2.63. The van der Waals surface area contributed by atoms with Gasteiger partial charge in [-0.2, -0.15) is 0 Å². The Morgan fingerprint density at radius 2 is 2.06 bits per heavy atom. The first-order chi connectivity index (χ1) is 15.4. The normalized spacial score (nSPS) is 34.1. The van der Waals surface area contributed by atoms with Crippen molar-refractivity contribution in [1.29, 1.82) is 0 Å². The zero-order valence-corrected chi connectivity index (χ0v) is 19.2. The van der Waals surface area contributed by atoms with Crippen molar-refractivity contribution >= 4 is 23.9 Å². The predicted octanol–water partition coefficient (Wildman–Crippen LogP) is 0.168. The number of carbonyl (C=O) groups excluding carboxylic acids is 3. The van der Waals surface area contributed by atoms with Gasteiger partial charge in [0.25, 0.3) is 0 Å². The van der Waals surface area contributed by atoms with Crippen molar-refractivity contribution in [3.8, 4) is 0 Å². The van der Waals surface area contributed by atoms with Crippen LogP contribution < -0.4 is 10.6 Å². The third-order valence-corrected chi connectivity index (χ3v) is 5.96. The maximum Gasteiger partial charge on any atom is 0.408 e. The Morgan fingerprint density at radius 1 is 1.33 bits per heavy atom. The molecule has 0 bridgehead atoms. The van der Waals surface area contributed by atoms with Gasteiger partial charge in [-0.3, -0.25) is 9.59 Å². The van der Waals surface area contributed by atoms with Crippen molar-refractivity contribution in [2.24, 2.45) is 5.92 Å². The van der Waals surface area contributed by atoms with Crippen LogP contribution in [0.2, 0.25) is 0 Å². The summed E-state index contributed by atoms with van der Waals surface area (Å²) < 4.78 is 10.8. The number of alkyl carbamates (subject to hydrolysis) is 1. The van der Waals surface area contributed by atoms with E-state index in [-0.39, 0.29) is 38.3 Å². The van der Waals surface area contributed by atoms with Gasteiger partial charge in [-0.1, -0.05) is 12.2 Å². The maximum atomic E-state index is 13.4. The molecule has 184 valence electrons. The molecule has 3 aliphatic rings. The van der Waals surface area contributed by atoms with Crippen LogP contribution in [0.1, 0.15) is 46.5 Å². The number of aliphatic hydroxyl groups excluding tert-OH is 1. The third-order valence-electron chi connectivity index (χ3n) is 5.96. The first kappa shape index (κ1) is 25.0. The number of carboxylic acids is 1. The summed E-state index contributed by atoms with van der Waals surface area (Å²) in [6, 6.07) is -2.04. The highest BCUT2D eigenvalue weighted by atomic mass is 16.6. The number of fused-ring (bicyclic) bond motifs is 2. The van der Waals surface area contributed by atoms with E-state index < -0.39 is 53.2 Å². The van der Waals surface area contributed by atoms with Gasteiger partial charge in [0, 0.05) is 25.5 Å². The average molecular weight is 468 g/mol. The van der Waals surface area contributed by atoms with Crippen molar-refractivity contribution < 1.29 is 38.9 Å². The number of rotatable bonds is 2. The first-order valence-electron chi connectivity index (χ1n) is 11.2. The van der Waals surface area contributed by atoms with Gasteiger partial charge in [-0.25, -0.2) is 9.59 Å². The Labute approximate surface area is 192 Å². The molecule has 3 amide bonds. The van der Waals surface area contributed by atoms with E-state index in [4.69, 9.17) is 9.47 Å². The summed E-state index contributed by atoms with van der Waals surface area (Å²) in [6.45, 7) is 5.59. The lowest BCUT2D eigenvalue weighted by Gasteiger charge is -2.30. The molecule has 11 heteroatoms. The highest BCUT2D eigenvalue weighted by molar-refractivity contribution is 5.96. The molecular weight excluding hydrogens is 434 g/mol. The number of amides is 3. The van der Waals surface area contributed by atoms with Crippen LogP contribution in [0.3, 0.4) is 0 Å². The fourth-order valence-corrected chi connectivity index (χ4v) is 4.24. The van der Waals surface area contributed by atoms with Crippen molar-refractivity contribution in [1.82, 2.24) is 15.5 Å². The molecule has 4 N–H and O–H groups in total. The number of hydrogen-bond acceptors (Lipinski definition) is 7. The van der Waals surface area contributed by atoms with Crippen molar-refractivity contribution in [2.45, 2.75) is 75.8 Å². The fraction of sp³-hybridized carbons (Fsp3) is 0.727. The number of aliphatic hydroxyl groups is 1. The number of carbonyl (C=O) groups is 4. The molecule has 1 saturated carbocycles. The van der Waals surface area contributed by atoms with Gasteiger partial charge in [-0.05, 0) is 40.0 Å². The van der Waals surface area contributed by atoms with Gasteiger partial charge in [0.05, 0.1) is 12.7 Å². The Kier molecular flexibility index (Phi) is 7.32. The minimum Gasteiger partial charge on any atom is -0.479 e. The lowest BCUT2D eigenvalue weighted by molar-refractivity contribution is -0.145. The smallest absolute Gasteiger partial charge is 0.408 e. The second-order valence-electron chi connectivity index (χ2n) is 9.82. The van der Waals surface area contributed by atoms with Gasteiger partial charge in [0.1, 0.15) is 23.2 Å². The van der Waals surface area contributed by atoms with Crippen LogP contribution in [0, 0.1) is 5.92 Å². The monoisotopic (exact) mass is 467 g/mol. The van der Waals surface area contributed by atoms with E-state index in [1.165, 1.54) is 4.90 Å². The molecule has 2 aliphatic heterocycles. The second kappa shape index (κ2) is 9.68. The largest absolute Gasteiger partial charge is 0.479 e. The highest BCUT2D eigenvalue weighted by Crippen LogP contribution is 2.45. The molecule has 0 unspecified atom stereocenters. The van der Waals surface area contributed by atoms with E-state index in [0.29, 0.717) is 13.0 Å². The summed E-state index contributed by atoms with van der Waals surface area (Å²) in [5, 5.41) is 25.1. The molecule has 5 atom stereocenters. The molecule has 33 heavy (non-hydrogen) atoms. The highest BCUT2D eigenvalue weighted by Gasteiger charge is 2.61. The molecule has 0 aromatic carbocycles. The van der Waals surface area contributed by atoms with Gasteiger partial charge in [0.15, 0.2) is 0 Å². The summed E-state index contributed by atoms with van der Waals surface area (Å²) in [5.74, 6) is -2.72. The third kappa shape index (κ3) is 6.02. The number of carboxylic acid groups (broad SMARTS) is 1. The Hall–Kier alpha value is -2.66. The quantitative estimate of drug-likeness (QED) is 0.419. The molecule has 2 fully saturated rings. The molecule has 0 aromatic heterocycles. The Morgan fingerprint density at radius 3 is 2.73 bits per heavy atom. The molecule has 1 aliphatic carbocycles. The van der Waals surface area contributed by atoms with E-state index in [0.717, 1.165) is 0 Å². The van der Waals surface area contributed by atoms with E-state index in [9.17, 15) is 29.4 Å². The zero-order valence-electron chi connectivity index (χ0n) is 19.2. The van der Waals surface area contributed by atoms with E-state index in [1.54, 1.807) is 32.9 Å². The first-order valence-corrected chi connectivity index (χ1v) is 11.2. The summed E-state index contributed by atoms with van der Waals surface area (Å²) in [7, 11) is 0. The topological polar surface area (TPSA) is 154 Å². The summed E-state index contributed by atoms with van der Waals surface area (Å²) in [5.41, 5.74) is -2.20. The number of hydrogen-bond donors (Lipinski definition) is 4. The molecule has 0 radical (unpaired) electrons. The number of nitrogens with zero attached hydrogens (tertiary/aromatic N) is 1. The van der Waals surface area contributed by atoms with Crippen LogP contribution in [-0.2, 0) is 23.9 Å². The maximum absolute atomic E-state index is 13.4. The van der Waals surface area contributed by atoms with Crippen LogP contribution in [0.4, 0.5) is 4.79 Å². The van der Waals surface area contributed by atoms with Gasteiger partial charge in [-0.15, -0.1) is 0 Å². The molecular formula is C22H33N3O8. The SMILES string of the molecule is CC(C)(C)OC(=O)N[C@H]1CCCOC/C=C\[C@@H]2C[C@@]2(C(=O)O)NC(=O)[C@@H]2C[C@@H](O)CN2C1=O. The lowest BCUT2D eigenvalue weighted by Crippen LogP contribution is -2.56. The van der Waals surface area contributed by atoms with Crippen LogP contribution in [0.5, 0.6) is 0 Å². The fourth-order valence-electron chi connectivity index (χ4n) is 4.24. The molecule has 3 rings (SSSR count). The summed E-state index contributed by atoms with van der Waals surface area (Å²) >= 11 is 0. The van der Waals surface area contributed by atoms with Crippen LogP contribution in [-0.4, -0.2) is 88.1 Å². The molecule has 1 saturated heterocycles. The van der Waals surface area contributed by atoms with E-state index in [2.05, 4.69) is 10.6 Å². The molecule has 0 aromatic rings. The lowest BCUT2D eigenvalue weighted by atomic mass is 10.1. The minimum atomic E-state index is -1.44. The zero-order chi connectivity index (χ0) is 24.4. The summed E-state index contributed by atoms with van der Waals surface area (Å²) in [4.78, 5) is 51.9. The van der Waals surface area contributed by atoms with E-state index in [1.807, 2.05) is 0 Å². The molecule has 11 nitrogen and oxygen atoms in total. The standard InChI is InChI=1S/C22H33N3O8/c1-21(2,3)33-20(31)23-15-7-5-9-32-8-4-6-13-11-22(13,19(29)30)24-17(27)16-10-14(26)12-25(16)18(15)28/h4,6,13-16,26H,5,7-12H2,1-3H3,(H,23,31)(H,24,27)(H,29,30)/b6-4-/t13-,14-,15+,16+,22-/m1/s1. The van der Waals surface area contributed by atoms with Crippen LogP contribution in [0.25, 0.3) is 0 Å². The van der Waals surface area contributed by atoms with Crippen molar-refractivity contribution in [2.75, 3.05) is 19.8 Å². The van der Waals surface area contributed by atoms with Crippen LogP contribution in [0.15, 0.2) is 12.2 Å². The average Bonchev–Trinajstić information content (AvgIpc) is 3.25. The van der Waals surface area contributed by atoms with Crippen LogP contribution >= 0.6 is 0 Å². The van der Waals surface area contributed by atoms with E-state index >= 15 is 0 Å². The van der Waals surface area contributed by atoms with Gasteiger partial charge in [0.2, 0.25) is 11.8 Å². The van der Waals surface area contributed by atoms with Gasteiger partial charge >= 0.3 is 12.1 Å². The molecule has 2 heterocycles. The minimum absolute atomic E-state index is 0.0178. The Balaban J connectivity index is 1.83. The molecule has 0 spiro atoms. The van der Waals surface area contributed by atoms with Crippen molar-refractivity contribution in [3.63, 3.8) is 0 Å². The number of ether oxygens (including phenoxy) is 2. The van der Waals surface area contributed by atoms with Gasteiger partial charge < -0.3 is 35.2 Å².